The van der Waals surface area contributed by atoms with Gasteiger partial charge in [0.25, 0.3) is 0 Å². The summed E-state index contributed by atoms with van der Waals surface area (Å²) in [4.78, 5) is 11.9. The fraction of sp³-hybridized carbons (Fsp3) is 0.133. The zero-order valence-corrected chi connectivity index (χ0v) is 12.0. The number of hydrogen-bond acceptors (Lipinski definition) is 3. The molecule has 2 aromatic carbocycles. The van der Waals surface area contributed by atoms with E-state index in [9.17, 15) is 22.4 Å². The van der Waals surface area contributed by atoms with Crippen LogP contribution in [0.5, 0.6) is 5.75 Å². The third-order valence-corrected chi connectivity index (χ3v) is 2.85. The molecule has 0 unspecified atom stereocenters. The van der Waals surface area contributed by atoms with Gasteiger partial charge in [-0.05, 0) is 24.3 Å². The maximum absolute atomic E-state index is 13.5. The predicted molar refractivity (Wildman–Crippen MR) is 78.1 cm³/mol. The van der Waals surface area contributed by atoms with Crippen LogP contribution >= 0.6 is 0 Å². The Hall–Kier alpha value is -2.81. The summed E-state index contributed by atoms with van der Waals surface area (Å²) >= 11 is 0. The number of aliphatic hydroxyl groups excluding tert-OH is 1. The van der Waals surface area contributed by atoms with Gasteiger partial charge in [-0.1, -0.05) is 12.1 Å². The number of halogens is 4. The van der Waals surface area contributed by atoms with E-state index < -0.39 is 30.6 Å². The quantitative estimate of drug-likeness (QED) is 0.738. The summed E-state index contributed by atoms with van der Waals surface area (Å²) < 4.78 is 53.7. The molecule has 3 N–H and O–H groups in total. The van der Waals surface area contributed by atoms with Crippen molar-refractivity contribution < 1.29 is 32.2 Å². The third-order valence-electron chi connectivity index (χ3n) is 2.85. The van der Waals surface area contributed by atoms with Gasteiger partial charge in [-0.15, -0.1) is 13.2 Å². The summed E-state index contributed by atoms with van der Waals surface area (Å²) in [6.07, 6.45) is -4.85. The topological polar surface area (TPSA) is 70.6 Å². The van der Waals surface area contributed by atoms with E-state index in [4.69, 9.17) is 5.11 Å². The van der Waals surface area contributed by atoms with Gasteiger partial charge in [-0.25, -0.2) is 9.18 Å². The van der Waals surface area contributed by atoms with Crippen LogP contribution in [0.3, 0.4) is 0 Å². The second-order valence-corrected chi connectivity index (χ2v) is 4.58. The Bertz CT molecular complexity index is 735. The first-order chi connectivity index (χ1) is 11.3. The van der Waals surface area contributed by atoms with Crippen LogP contribution in [0.1, 0.15) is 5.56 Å². The first-order valence-corrected chi connectivity index (χ1v) is 6.60. The highest BCUT2D eigenvalue weighted by molar-refractivity contribution is 6.00. The van der Waals surface area contributed by atoms with Gasteiger partial charge in [0.05, 0.1) is 12.3 Å². The number of benzene rings is 2. The lowest BCUT2D eigenvalue weighted by atomic mass is 10.2. The van der Waals surface area contributed by atoms with Crippen LogP contribution < -0.4 is 15.4 Å². The van der Waals surface area contributed by atoms with E-state index in [-0.39, 0.29) is 16.9 Å². The largest absolute Gasteiger partial charge is 0.573 e. The Labute approximate surface area is 133 Å². The molecule has 0 spiro atoms. The monoisotopic (exact) mass is 344 g/mol. The number of carbonyl (C=O) groups is 1. The highest BCUT2D eigenvalue weighted by Gasteiger charge is 2.31. The van der Waals surface area contributed by atoms with Gasteiger partial charge in [0, 0.05) is 17.3 Å². The SMILES string of the molecule is O=C(Nc1cccc(OC(F)(F)F)c1)Nc1cccc(F)c1CO. The fourth-order valence-corrected chi connectivity index (χ4v) is 1.89. The summed E-state index contributed by atoms with van der Waals surface area (Å²) in [5, 5.41) is 13.7. The molecule has 2 rings (SSSR count). The van der Waals surface area contributed by atoms with Crippen LogP contribution in [0.2, 0.25) is 0 Å². The molecule has 2 amide bonds. The van der Waals surface area contributed by atoms with Crippen molar-refractivity contribution in [3.05, 3.63) is 53.8 Å². The normalized spacial score (nSPS) is 11.0. The molecule has 0 aliphatic rings. The van der Waals surface area contributed by atoms with Crippen molar-refractivity contribution in [2.24, 2.45) is 0 Å². The zero-order chi connectivity index (χ0) is 17.7. The molecular weight excluding hydrogens is 332 g/mol. The van der Waals surface area contributed by atoms with E-state index in [0.29, 0.717) is 0 Å². The second-order valence-electron chi connectivity index (χ2n) is 4.58. The maximum atomic E-state index is 13.5. The van der Waals surface area contributed by atoms with Gasteiger partial charge < -0.3 is 20.5 Å². The number of alkyl halides is 3. The first kappa shape index (κ1) is 17.5. The Kier molecular flexibility index (Phi) is 5.24. The minimum atomic E-state index is -4.85. The zero-order valence-electron chi connectivity index (χ0n) is 12.0. The lowest BCUT2D eigenvalue weighted by Crippen LogP contribution is -2.21. The van der Waals surface area contributed by atoms with Crippen molar-refractivity contribution in [1.29, 1.82) is 0 Å². The number of amides is 2. The summed E-state index contributed by atoms with van der Waals surface area (Å²) in [5.74, 6) is -1.20. The maximum Gasteiger partial charge on any atom is 0.573 e. The summed E-state index contributed by atoms with van der Waals surface area (Å²) in [7, 11) is 0. The van der Waals surface area contributed by atoms with Gasteiger partial charge in [0.1, 0.15) is 11.6 Å². The van der Waals surface area contributed by atoms with Crippen LogP contribution in [-0.2, 0) is 6.61 Å². The molecule has 0 aliphatic carbocycles. The number of nitrogens with one attached hydrogen (secondary N) is 2. The molecule has 0 saturated heterocycles. The number of rotatable bonds is 4. The highest BCUT2D eigenvalue weighted by atomic mass is 19.4. The number of aliphatic hydroxyl groups is 1. The molecule has 2 aromatic rings. The fourth-order valence-electron chi connectivity index (χ4n) is 1.89. The second kappa shape index (κ2) is 7.18. The molecule has 0 aliphatic heterocycles. The number of carbonyl (C=O) groups excluding carboxylic acids is 1. The first-order valence-electron chi connectivity index (χ1n) is 6.60. The minimum Gasteiger partial charge on any atom is -0.406 e. The predicted octanol–water partition coefficient (Wildman–Crippen LogP) is 3.86. The van der Waals surface area contributed by atoms with E-state index in [1.54, 1.807) is 0 Å². The third kappa shape index (κ3) is 4.85. The number of hydrogen-bond donors (Lipinski definition) is 3. The van der Waals surface area contributed by atoms with Crippen molar-refractivity contribution >= 4 is 17.4 Å². The molecule has 5 nitrogen and oxygen atoms in total. The molecule has 0 atom stereocenters. The van der Waals surface area contributed by atoms with Crippen molar-refractivity contribution in [3.63, 3.8) is 0 Å². The molecule has 0 radical (unpaired) electrons. The van der Waals surface area contributed by atoms with Crippen molar-refractivity contribution in [2.75, 3.05) is 10.6 Å². The Morgan fingerprint density at radius 2 is 1.83 bits per heavy atom. The Morgan fingerprint density at radius 1 is 1.12 bits per heavy atom. The number of ether oxygens (including phenoxy) is 1. The van der Waals surface area contributed by atoms with E-state index in [1.807, 2.05) is 0 Å². The van der Waals surface area contributed by atoms with E-state index in [2.05, 4.69) is 15.4 Å². The van der Waals surface area contributed by atoms with E-state index >= 15 is 0 Å². The van der Waals surface area contributed by atoms with E-state index in [0.717, 1.165) is 18.2 Å². The smallest absolute Gasteiger partial charge is 0.406 e. The average Bonchev–Trinajstić information content (AvgIpc) is 2.46. The van der Waals surface area contributed by atoms with Gasteiger partial charge in [0.15, 0.2) is 0 Å². The molecule has 0 heterocycles. The minimum absolute atomic E-state index is 0.0381. The van der Waals surface area contributed by atoms with Crippen LogP contribution in [-0.4, -0.2) is 17.5 Å². The molecule has 24 heavy (non-hydrogen) atoms. The lowest BCUT2D eigenvalue weighted by molar-refractivity contribution is -0.274. The van der Waals surface area contributed by atoms with Gasteiger partial charge >= 0.3 is 12.4 Å². The lowest BCUT2D eigenvalue weighted by Gasteiger charge is -2.13. The van der Waals surface area contributed by atoms with Gasteiger partial charge in [-0.2, -0.15) is 0 Å². The molecule has 0 bridgehead atoms. The number of urea groups is 1. The van der Waals surface area contributed by atoms with Crippen molar-refractivity contribution in [2.45, 2.75) is 13.0 Å². The number of anilines is 2. The summed E-state index contributed by atoms with van der Waals surface area (Å²) in [6, 6.07) is 7.67. The van der Waals surface area contributed by atoms with Crippen molar-refractivity contribution in [1.82, 2.24) is 0 Å². The van der Waals surface area contributed by atoms with E-state index in [1.165, 1.54) is 24.3 Å². The molecule has 9 heteroatoms. The molecule has 0 fully saturated rings. The molecule has 0 saturated carbocycles. The summed E-state index contributed by atoms with van der Waals surface area (Å²) in [5.41, 5.74) is -0.0318. The van der Waals surface area contributed by atoms with Crippen LogP contribution in [0, 0.1) is 5.82 Å². The van der Waals surface area contributed by atoms with Crippen LogP contribution in [0.15, 0.2) is 42.5 Å². The van der Waals surface area contributed by atoms with Gasteiger partial charge in [-0.3, -0.25) is 0 Å². The standard InChI is InChI=1S/C15H12F4N2O3/c16-12-5-2-6-13(11(12)8-22)21-14(23)20-9-3-1-4-10(7-9)24-15(17,18)19/h1-7,22H,8H2,(H2,20,21,23). The van der Waals surface area contributed by atoms with Crippen LogP contribution in [0.4, 0.5) is 33.7 Å². The van der Waals surface area contributed by atoms with Gasteiger partial charge in [0.2, 0.25) is 0 Å². The van der Waals surface area contributed by atoms with Crippen molar-refractivity contribution in [3.8, 4) is 5.75 Å². The average molecular weight is 344 g/mol. The Morgan fingerprint density at radius 3 is 2.50 bits per heavy atom. The Balaban J connectivity index is 2.08. The molecule has 128 valence electrons. The van der Waals surface area contributed by atoms with Crippen LogP contribution in [0.25, 0.3) is 0 Å². The highest BCUT2D eigenvalue weighted by Crippen LogP contribution is 2.25. The molecule has 0 aromatic heterocycles. The molecular formula is C15H12F4N2O3. The summed E-state index contributed by atoms with van der Waals surface area (Å²) in [6.45, 7) is -0.628.